The Bertz CT molecular complexity index is 718. The molecule has 2 aromatic rings. The SMILES string of the molecule is N#Cc1cc(-c2c(F)c(F)c(F)c(F)c2F)ccc1F. The second-order valence-electron chi connectivity index (χ2n) is 3.75. The van der Waals surface area contributed by atoms with E-state index in [4.69, 9.17) is 5.26 Å². The highest BCUT2D eigenvalue weighted by molar-refractivity contribution is 5.67. The van der Waals surface area contributed by atoms with Gasteiger partial charge in [0.15, 0.2) is 23.3 Å². The average Bonchev–Trinajstić information content (AvgIpc) is 2.45. The lowest BCUT2D eigenvalue weighted by Crippen LogP contribution is -2.04. The summed E-state index contributed by atoms with van der Waals surface area (Å²) in [5.41, 5.74) is -2.28. The molecule has 0 unspecified atom stereocenters. The lowest BCUT2D eigenvalue weighted by Gasteiger charge is -2.08. The molecule has 102 valence electrons. The summed E-state index contributed by atoms with van der Waals surface area (Å²) in [5, 5.41) is 8.60. The first-order valence-electron chi connectivity index (χ1n) is 5.10. The second kappa shape index (κ2) is 4.89. The topological polar surface area (TPSA) is 23.8 Å². The van der Waals surface area contributed by atoms with Crippen molar-refractivity contribution < 1.29 is 26.3 Å². The predicted octanol–water partition coefficient (Wildman–Crippen LogP) is 4.06. The van der Waals surface area contributed by atoms with Crippen molar-refractivity contribution in [3.8, 4) is 17.2 Å². The molecule has 2 aromatic carbocycles. The predicted molar refractivity (Wildman–Crippen MR) is 56.3 cm³/mol. The maximum Gasteiger partial charge on any atom is 0.200 e. The fourth-order valence-electron chi connectivity index (χ4n) is 1.62. The van der Waals surface area contributed by atoms with Crippen molar-refractivity contribution in [2.45, 2.75) is 0 Å². The van der Waals surface area contributed by atoms with Crippen molar-refractivity contribution in [3.63, 3.8) is 0 Å². The Morgan fingerprint density at radius 2 is 1.25 bits per heavy atom. The molecule has 20 heavy (non-hydrogen) atoms. The van der Waals surface area contributed by atoms with Crippen molar-refractivity contribution in [1.29, 1.82) is 5.26 Å². The summed E-state index contributed by atoms with van der Waals surface area (Å²) in [6.45, 7) is 0. The van der Waals surface area contributed by atoms with Crippen LogP contribution in [0.1, 0.15) is 5.56 Å². The van der Waals surface area contributed by atoms with Crippen LogP contribution in [0.2, 0.25) is 0 Å². The fraction of sp³-hybridized carbons (Fsp3) is 0. The number of nitriles is 1. The van der Waals surface area contributed by atoms with E-state index >= 15 is 0 Å². The van der Waals surface area contributed by atoms with Gasteiger partial charge in [-0.1, -0.05) is 6.07 Å². The van der Waals surface area contributed by atoms with Gasteiger partial charge in [0, 0.05) is 0 Å². The van der Waals surface area contributed by atoms with Crippen LogP contribution in [0.5, 0.6) is 0 Å². The Hall–Kier alpha value is -2.49. The number of benzene rings is 2. The van der Waals surface area contributed by atoms with Gasteiger partial charge in [0.1, 0.15) is 11.9 Å². The quantitative estimate of drug-likeness (QED) is 0.441. The van der Waals surface area contributed by atoms with E-state index < -0.39 is 51.6 Å². The molecule has 0 bridgehead atoms. The fourth-order valence-corrected chi connectivity index (χ4v) is 1.62. The van der Waals surface area contributed by atoms with Crippen molar-refractivity contribution in [3.05, 3.63) is 58.7 Å². The minimum Gasteiger partial charge on any atom is -0.206 e. The van der Waals surface area contributed by atoms with Crippen LogP contribution < -0.4 is 0 Å². The molecular formula is C13H3F6N. The highest BCUT2D eigenvalue weighted by Crippen LogP contribution is 2.32. The lowest BCUT2D eigenvalue weighted by atomic mass is 10.0. The molecule has 0 N–H and O–H groups in total. The molecule has 1 nitrogen and oxygen atoms in total. The molecule has 0 aromatic heterocycles. The summed E-state index contributed by atoms with van der Waals surface area (Å²) >= 11 is 0. The summed E-state index contributed by atoms with van der Waals surface area (Å²) in [7, 11) is 0. The summed E-state index contributed by atoms with van der Waals surface area (Å²) in [4.78, 5) is 0. The zero-order valence-corrected chi connectivity index (χ0v) is 9.45. The minimum atomic E-state index is -2.29. The third-order valence-corrected chi connectivity index (χ3v) is 2.59. The number of nitrogens with zero attached hydrogens (tertiary/aromatic N) is 1. The molecule has 0 aliphatic carbocycles. The highest BCUT2D eigenvalue weighted by Gasteiger charge is 2.26. The molecule has 0 saturated heterocycles. The third-order valence-electron chi connectivity index (χ3n) is 2.59. The second-order valence-corrected chi connectivity index (χ2v) is 3.75. The maximum absolute atomic E-state index is 13.5. The van der Waals surface area contributed by atoms with Crippen LogP contribution in [0.15, 0.2) is 18.2 Å². The number of hydrogen-bond acceptors (Lipinski definition) is 1. The van der Waals surface area contributed by atoms with Gasteiger partial charge in [0.05, 0.1) is 11.1 Å². The Kier molecular flexibility index (Phi) is 3.40. The Morgan fingerprint density at radius 1 is 0.750 bits per heavy atom. The van der Waals surface area contributed by atoms with E-state index in [9.17, 15) is 26.3 Å². The average molecular weight is 287 g/mol. The summed E-state index contributed by atoms with van der Waals surface area (Å²) in [6.07, 6.45) is 0. The van der Waals surface area contributed by atoms with Gasteiger partial charge in [-0.05, 0) is 17.7 Å². The summed E-state index contributed by atoms with van der Waals surface area (Å²) < 4.78 is 79.1. The molecule has 0 radical (unpaired) electrons. The van der Waals surface area contributed by atoms with Crippen LogP contribution >= 0.6 is 0 Å². The maximum atomic E-state index is 13.5. The molecule has 0 aliphatic rings. The number of halogens is 6. The van der Waals surface area contributed by atoms with E-state index in [1.165, 1.54) is 6.07 Å². The van der Waals surface area contributed by atoms with Crippen LogP contribution in [0.4, 0.5) is 26.3 Å². The molecular weight excluding hydrogens is 284 g/mol. The molecule has 0 atom stereocenters. The van der Waals surface area contributed by atoms with E-state index in [0.717, 1.165) is 6.07 Å². The Labute approximate surface area is 108 Å². The van der Waals surface area contributed by atoms with Crippen molar-refractivity contribution in [2.75, 3.05) is 0 Å². The molecule has 0 heterocycles. The number of rotatable bonds is 1. The van der Waals surface area contributed by atoms with Gasteiger partial charge < -0.3 is 0 Å². The molecule has 0 spiro atoms. The standard InChI is InChI=1S/C13H3F6N/c14-7-2-1-5(3-6(7)4-20)8-9(15)11(17)13(19)12(18)10(8)16/h1-3H. The van der Waals surface area contributed by atoms with Gasteiger partial charge in [-0.25, -0.2) is 26.3 Å². The first kappa shape index (κ1) is 13.9. The monoisotopic (exact) mass is 287 g/mol. The van der Waals surface area contributed by atoms with Crippen LogP contribution in [0.25, 0.3) is 11.1 Å². The summed E-state index contributed by atoms with van der Waals surface area (Å²) in [5.74, 6) is -11.6. The van der Waals surface area contributed by atoms with Gasteiger partial charge in [0.2, 0.25) is 5.82 Å². The Balaban J connectivity index is 2.81. The van der Waals surface area contributed by atoms with Crippen molar-refractivity contribution in [2.24, 2.45) is 0 Å². The normalized spacial score (nSPS) is 10.4. The molecule has 0 fully saturated rings. The smallest absolute Gasteiger partial charge is 0.200 e. The molecule has 0 amide bonds. The minimum absolute atomic E-state index is 0.490. The van der Waals surface area contributed by atoms with Gasteiger partial charge in [-0.3, -0.25) is 0 Å². The van der Waals surface area contributed by atoms with E-state index in [-0.39, 0.29) is 0 Å². The van der Waals surface area contributed by atoms with E-state index in [1.54, 1.807) is 0 Å². The van der Waals surface area contributed by atoms with E-state index in [0.29, 0.717) is 12.1 Å². The molecule has 0 aliphatic heterocycles. The first-order valence-corrected chi connectivity index (χ1v) is 5.10. The van der Waals surface area contributed by atoms with Gasteiger partial charge in [0.25, 0.3) is 0 Å². The zero-order chi connectivity index (χ0) is 15.0. The van der Waals surface area contributed by atoms with Gasteiger partial charge >= 0.3 is 0 Å². The molecule has 7 heteroatoms. The molecule has 2 rings (SSSR count). The first-order chi connectivity index (χ1) is 9.38. The van der Waals surface area contributed by atoms with Crippen molar-refractivity contribution in [1.82, 2.24) is 0 Å². The summed E-state index contributed by atoms with van der Waals surface area (Å²) in [6, 6.07) is 3.62. The van der Waals surface area contributed by atoms with Gasteiger partial charge in [-0.15, -0.1) is 0 Å². The Morgan fingerprint density at radius 3 is 1.75 bits per heavy atom. The van der Waals surface area contributed by atoms with Crippen molar-refractivity contribution >= 4 is 0 Å². The van der Waals surface area contributed by atoms with Crippen LogP contribution in [-0.4, -0.2) is 0 Å². The van der Waals surface area contributed by atoms with Gasteiger partial charge in [-0.2, -0.15) is 5.26 Å². The highest BCUT2D eigenvalue weighted by atomic mass is 19.2. The third kappa shape index (κ3) is 1.99. The van der Waals surface area contributed by atoms with Crippen LogP contribution in [0.3, 0.4) is 0 Å². The van der Waals surface area contributed by atoms with E-state index in [1.807, 2.05) is 0 Å². The zero-order valence-electron chi connectivity index (χ0n) is 9.45. The van der Waals surface area contributed by atoms with Crippen LogP contribution in [0, 0.1) is 46.2 Å². The number of hydrogen-bond donors (Lipinski definition) is 0. The lowest BCUT2D eigenvalue weighted by molar-refractivity contribution is 0.381. The molecule has 0 saturated carbocycles. The van der Waals surface area contributed by atoms with Crippen LogP contribution in [-0.2, 0) is 0 Å². The largest absolute Gasteiger partial charge is 0.206 e. The van der Waals surface area contributed by atoms with E-state index in [2.05, 4.69) is 0 Å².